The molecule has 1 saturated heterocycles. The monoisotopic (exact) mass is 268 g/mol. The Morgan fingerprint density at radius 2 is 1.83 bits per heavy atom. The fourth-order valence-corrected chi connectivity index (χ4v) is 3.71. The van der Waals surface area contributed by atoms with Gasteiger partial charge < -0.3 is 10.6 Å². The third-order valence-corrected chi connectivity index (χ3v) is 5.04. The number of rotatable bonds is 2. The number of amides is 1. The molecule has 3 nitrogen and oxygen atoms in total. The van der Waals surface area contributed by atoms with Crippen LogP contribution < -0.4 is 5.73 Å². The van der Waals surface area contributed by atoms with Gasteiger partial charge in [0.25, 0.3) is 0 Å². The summed E-state index contributed by atoms with van der Waals surface area (Å²) in [5, 5.41) is 0. The number of carbonyl (C=O) groups excluding carboxylic acids is 1. The molecule has 4 heteroatoms. The lowest BCUT2D eigenvalue weighted by molar-refractivity contribution is -0.148. The number of thiocarbonyl (C=S) groups is 1. The van der Waals surface area contributed by atoms with Gasteiger partial charge in [-0.15, -0.1) is 0 Å². The van der Waals surface area contributed by atoms with Crippen LogP contribution >= 0.6 is 12.2 Å². The van der Waals surface area contributed by atoms with Crippen LogP contribution in [0.25, 0.3) is 0 Å². The van der Waals surface area contributed by atoms with Crippen LogP contribution in [0, 0.1) is 17.3 Å². The summed E-state index contributed by atoms with van der Waals surface area (Å²) in [4.78, 5) is 15.2. The maximum absolute atomic E-state index is 12.8. The summed E-state index contributed by atoms with van der Waals surface area (Å²) >= 11 is 5.18. The van der Waals surface area contributed by atoms with Crippen molar-refractivity contribution in [2.45, 2.75) is 52.5 Å². The smallest absolute Gasteiger partial charge is 0.235 e. The molecule has 1 aliphatic heterocycles. The summed E-state index contributed by atoms with van der Waals surface area (Å²) in [5.41, 5.74) is 5.34. The number of carbonyl (C=O) groups is 1. The molecular weight excluding hydrogens is 244 g/mol. The predicted octanol–water partition coefficient (Wildman–Crippen LogP) is 2.34. The van der Waals surface area contributed by atoms with E-state index in [0.717, 1.165) is 25.8 Å². The minimum atomic E-state index is -0.528. The van der Waals surface area contributed by atoms with Crippen LogP contribution in [0.1, 0.15) is 46.5 Å². The molecule has 0 aromatic heterocycles. The zero-order valence-corrected chi connectivity index (χ0v) is 12.4. The van der Waals surface area contributed by atoms with Crippen LogP contribution in [-0.2, 0) is 4.79 Å². The molecule has 2 N–H and O–H groups in total. The Labute approximate surface area is 115 Å². The maximum atomic E-state index is 12.8. The van der Waals surface area contributed by atoms with Crippen LogP contribution in [0.3, 0.4) is 0 Å². The van der Waals surface area contributed by atoms with E-state index in [2.05, 4.69) is 20.8 Å². The molecule has 2 aliphatic rings. The Morgan fingerprint density at radius 1 is 1.22 bits per heavy atom. The van der Waals surface area contributed by atoms with Gasteiger partial charge >= 0.3 is 0 Å². The molecule has 2 rings (SSSR count). The normalized spacial score (nSPS) is 40.2. The van der Waals surface area contributed by atoms with Crippen LogP contribution in [0.2, 0.25) is 0 Å². The summed E-state index contributed by atoms with van der Waals surface area (Å²) in [7, 11) is 0. The molecule has 1 amide bonds. The van der Waals surface area contributed by atoms with Gasteiger partial charge in [-0.05, 0) is 44.4 Å². The first-order valence-corrected chi connectivity index (χ1v) is 7.38. The van der Waals surface area contributed by atoms with E-state index in [9.17, 15) is 4.79 Å². The Bertz CT molecular complexity index is 363. The second-order valence-electron chi connectivity index (χ2n) is 6.45. The number of hydrogen-bond donors (Lipinski definition) is 1. The quantitative estimate of drug-likeness (QED) is 0.782. The van der Waals surface area contributed by atoms with Crippen molar-refractivity contribution in [1.29, 1.82) is 0 Å². The van der Waals surface area contributed by atoms with E-state index in [1.54, 1.807) is 0 Å². The topological polar surface area (TPSA) is 46.3 Å². The lowest BCUT2D eigenvalue weighted by Crippen LogP contribution is -2.60. The van der Waals surface area contributed by atoms with Crippen molar-refractivity contribution >= 4 is 23.1 Å². The van der Waals surface area contributed by atoms with E-state index in [1.807, 2.05) is 4.90 Å². The molecule has 0 aromatic rings. The van der Waals surface area contributed by atoms with Gasteiger partial charge in [0, 0.05) is 12.6 Å². The number of piperidine rings is 1. The highest BCUT2D eigenvalue weighted by atomic mass is 32.1. The van der Waals surface area contributed by atoms with Gasteiger partial charge in [-0.1, -0.05) is 26.1 Å². The SMILES string of the molecule is CC1CCC(C)N(C(=O)C2(C(N)=S)CC(C)C2)C1. The summed E-state index contributed by atoms with van der Waals surface area (Å²) in [6.07, 6.45) is 3.97. The predicted molar refractivity (Wildman–Crippen MR) is 77.2 cm³/mol. The molecule has 1 heterocycles. The highest BCUT2D eigenvalue weighted by molar-refractivity contribution is 7.80. The average molecular weight is 268 g/mol. The Hall–Kier alpha value is -0.640. The summed E-state index contributed by atoms with van der Waals surface area (Å²) in [6.45, 7) is 7.37. The van der Waals surface area contributed by atoms with Gasteiger partial charge in [0.05, 0.1) is 10.4 Å². The molecule has 1 aliphatic carbocycles. The van der Waals surface area contributed by atoms with Gasteiger partial charge in [0.1, 0.15) is 0 Å². The average Bonchev–Trinajstić information content (AvgIpc) is 2.26. The zero-order chi connectivity index (χ0) is 13.5. The molecule has 18 heavy (non-hydrogen) atoms. The fourth-order valence-electron chi connectivity index (χ4n) is 3.46. The van der Waals surface area contributed by atoms with Gasteiger partial charge in [-0.25, -0.2) is 0 Å². The van der Waals surface area contributed by atoms with Gasteiger partial charge in [0.2, 0.25) is 5.91 Å². The molecule has 0 radical (unpaired) electrons. The van der Waals surface area contributed by atoms with Crippen LogP contribution in [0.15, 0.2) is 0 Å². The van der Waals surface area contributed by atoms with E-state index in [1.165, 1.54) is 6.42 Å². The number of likely N-dealkylation sites (tertiary alicyclic amines) is 1. The van der Waals surface area contributed by atoms with Crippen molar-refractivity contribution in [1.82, 2.24) is 4.90 Å². The van der Waals surface area contributed by atoms with E-state index in [4.69, 9.17) is 18.0 Å². The van der Waals surface area contributed by atoms with E-state index in [-0.39, 0.29) is 5.91 Å². The lowest BCUT2D eigenvalue weighted by Gasteiger charge is -2.49. The molecule has 1 saturated carbocycles. The first-order valence-electron chi connectivity index (χ1n) is 6.98. The van der Waals surface area contributed by atoms with E-state index < -0.39 is 5.41 Å². The van der Waals surface area contributed by atoms with Crippen LogP contribution in [0.5, 0.6) is 0 Å². The highest BCUT2D eigenvalue weighted by Crippen LogP contribution is 2.48. The zero-order valence-electron chi connectivity index (χ0n) is 11.6. The minimum Gasteiger partial charge on any atom is -0.392 e. The first-order chi connectivity index (χ1) is 8.36. The number of nitrogens with two attached hydrogens (primary N) is 1. The summed E-state index contributed by atoms with van der Waals surface area (Å²) < 4.78 is 0. The number of hydrogen-bond acceptors (Lipinski definition) is 2. The summed E-state index contributed by atoms with van der Waals surface area (Å²) in [6, 6.07) is 0.329. The molecule has 2 fully saturated rings. The molecule has 102 valence electrons. The second kappa shape index (κ2) is 4.80. The van der Waals surface area contributed by atoms with Crippen molar-refractivity contribution in [3.05, 3.63) is 0 Å². The Morgan fingerprint density at radius 3 is 2.33 bits per heavy atom. The van der Waals surface area contributed by atoms with Crippen LogP contribution in [0.4, 0.5) is 0 Å². The molecule has 0 bridgehead atoms. The highest BCUT2D eigenvalue weighted by Gasteiger charge is 2.53. The standard InChI is InChI=1S/C14H24N2OS/c1-9-4-5-11(3)16(8-9)13(17)14(12(15)18)6-10(2)7-14/h9-11H,4-8H2,1-3H3,(H2,15,18). The van der Waals surface area contributed by atoms with Gasteiger partial charge in [0.15, 0.2) is 0 Å². The van der Waals surface area contributed by atoms with Crippen molar-refractivity contribution in [2.24, 2.45) is 23.0 Å². The van der Waals surface area contributed by atoms with Gasteiger partial charge in [-0.3, -0.25) is 4.79 Å². The van der Waals surface area contributed by atoms with Crippen molar-refractivity contribution in [2.75, 3.05) is 6.54 Å². The fraction of sp³-hybridized carbons (Fsp3) is 0.857. The van der Waals surface area contributed by atoms with Crippen molar-refractivity contribution in [3.63, 3.8) is 0 Å². The second-order valence-corrected chi connectivity index (χ2v) is 6.89. The Kier molecular flexibility index (Phi) is 3.67. The van der Waals surface area contributed by atoms with E-state index in [0.29, 0.717) is 22.9 Å². The molecule has 0 spiro atoms. The Balaban J connectivity index is 2.16. The van der Waals surface area contributed by atoms with Gasteiger partial charge in [-0.2, -0.15) is 0 Å². The maximum Gasteiger partial charge on any atom is 0.235 e. The molecule has 2 atom stereocenters. The first kappa shape index (κ1) is 13.8. The number of nitrogens with zero attached hydrogens (tertiary/aromatic N) is 1. The third-order valence-electron chi connectivity index (χ3n) is 4.65. The summed E-state index contributed by atoms with van der Waals surface area (Å²) in [5.74, 6) is 1.34. The molecular formula is C14H24N2OS. The van der Waals surface area contributed by atoms with Crippen molar-refractivity contribution in [3.8, 4) is 0 Å². The largest absolute Gasteiger partial charge is 0.392 e. The van der Waals surface area contributed by atoms with E-state index >= 15 is 0 Å². The third kappa shape index (κ3) is 2.15. The van der Waals surface area contributed by atoms with Crippen LogP contribution in [-0.4, -0.2) is 28.4 Å². The molecule has 2 unspecified atom stereocenters. The minimum absolute atomic E-state index is 0.187. The van der Waals surface area contributed by atoms with Crippen molar-refractivity contribution < 1.29 is 4.79 Å². The molecule has 0 aromatic carbocycles. The lowest BCUT2D eigenvalue weighted by atomic mass is 9.61.